The number of rotatable bonds is 5. The van der Waals surface area contributed by atoms with E-state index in [-0.39, 0.29) is 31.1 Å². The van der Waals surface area contributed by atoms with Crippen molar-refractivity contribution in [1.29, 1.82) is 0 Å². The third-order valence-corrected chi connectivity index (χ3v) is 7.10. The fourth-order valence-corrected chi connectivity index (χ4v) is 4.70. The first kappa shape index (κ1) is 20.5. The fraction of sp³-hybridized carbons (Fsp3) is 0.360. The summed E-state index contributed by atoms with van der Waals surface area (Å²) in [4.78, 5) is 0. The molecule has 0 saturated carbocycles. The van der Waals surface area contributed by atoms with Crippen LogP contribution in [0.2, 0.25) is 12.1 Å². The standard InChI is InChI=1S/C25H30B2N2O2/c1-24(2)25(3,4)31-27(30-24)20(16-18-10-6-5-7-11-18)17-26-28-21-14-8-12-19-13-9-15-22(29-26)23(19)21/h5-15,20,28-29H,16-17H2,1-4H3. The molecule has 3 aromatic carbocycles. The second-order valence-corrected chi connectivity index (χ2v) is 9.86. The molecule has 5 rings (SSSR count). The van der Waals surface area contributed by atoms with E-state index in [4.69, 9.17) is 9.31 Å². The van der Waals surface area contributed by atoms with Gasteiger partial charge in [-0.3, -0.25) is 0 Å². The van der Waals surface area contributed by atoms with Gasteiger partial charge in [0.2, 0.25) is 0 Å². The zero-order chi connectivity index (χ0) is 21.6. The van der Waals surface area contributed by atoms with Crippen LogP contribution in [0.1, 0.15) is 33.3 Å². The lowest BCUT2D eigenvalue weighted by molar-refractivity contribution is 0.00578. The summed E-state index contributed by atoms with van der Waals surface area (Å²) in [5, 5.41) is 9.95. The molecule has 0 bridgehead atoms. The molecule has 31 heavy (non-hydrogen) atoms. The molecule has 2 aliphatic rings. The third kappa shape index (κ3) is 3.83. The van der Waals surface area contributed by atoms with Gasteiger partial charge in [0.25, 0.3) is 0 Å². The van der Waals surface area contributed by atoms with E-state index in [1.54, 1.807) is 0 Å². The van der Waals surface area contributed by atoms with Crippen LogP contribution in [0.15, 0.2) is 66.7 Å². The first-order valence-corrected chi connectivity index (χ1v) is 11.3. The van der Waals surface area contributed by atoms with E-state index in [2.05, 4.69) is 105 Å². The van der Waals surface area contributed by atoms with Gasteiger partial charge in [-0.15, -0.1) is 0 Å². The smallest absolute Gasteiger partial charge is 0.409 e. The van der Waals surface area contributed by atoms with Crippen molar-refractivity contribution in [3.8, 4) is 0 Å². The summed E-state index contributed by atoms with van der Waals surface area (Å²) in [6.45, 7) is 8.61. The Labute approximate surface area is 186 Å². The van der Waals surface area contributed by atoms with E-state index in [1.807, 2.05) is 0 Å². The summed E-state index contributed by atoms with van der Waals surface area (Å²) in [7, 11) is -0.248. The lowest BCUT2D eigenvalue weighted by Crippen LogP contribution is -2.41. The van der Waals surface area contributed by atoms with Crippen molar-refractivity contribution < 1.29 is 9.31 Å². The first-order valence-electron chi connectivity index (χ1n) is 11.3. The van der Waals surface area contributed by atoms with Crippen LogP contribution in [0.4, 0.5) is 11.4 Å². The van der Waals surface area contributed by atoms with Crippen molar-refractivity contribution in [2.45, 2.75) is 57.5 Å². The maximum atomic E-state index is 6.49. The minimum Gasteiger partial charge on any atom is -0.409 e. The van der Waals surface area contributed by atoms with Crippen LogP contribution in [-0.2, 0) is 15.7 Å². The van der Waals surface area contributed by atoms with Crippen LogP contribution in [0.3, 0.4) is 0 Å². The molecule has 1 unspecified atom stereocenters. The van der Waals surface area contributed by atoms with Crippen molar-refractivity contribution in [1.82, 2.24) is 0 Å². The number of nitrogens with one attached hydrogen (secondary N) is 2. The van der Waals surface area contributed by atoms with E-state index in [0.717, 1.165) is 12.7 Å². The van der Waals surface area contributed by atoms with E-state index >= 15 is 0 Å². The topological polar surface area (TPSA) is 42.5 Å². The molecular formula is C25H30B2N2O2. The molecule has 3 aromatic rings. The average Bonchev–Trinajstić information content (AvgIpc) is 2.96. The highest BCUT2D eigenvalue weighted by Gasteiger charge is 2.54. The van der Waals surface area contributed by atoms with Crippen molar-refractivity contribution in [3.05, 3.63) is 72.3 Å². The summed E-state index contributed by atoms with van der Waals surface area (Å²) in [5.74, 6) is 0.206. The SMILES string of the molecule is CC1(C)OB(C(CB2Nc3cccc4cccc(c34)N2)Cc2ccccc2)OC1(C)C. The van der Waals surface area contributed by atoms with Crippen LogP contribution >= 0.6 is 0 Å². The molecule has 2 N–H and O–H groups in total. The number of hydrogen-bond acceptors (Lipinski definition) is 4. The van der Waals surface area contributed by atoms with Crippen molar-refractivity contribution >= 4 is 36.2 Å². The van der Waals surface area contributed by atoms with E-state index < -0.39 is 0 Å². The van der Waals surface area contributed by atoms with Crippen LogP contribution in [0.5, 0.6) is 0 Å². The largest absolute Gasteiger partial charge is 0.460 e. The van der Waals surface area contributed by atoms with Crippen molar-refractivity contribution in [3.63, 3.8) is 0 Å². The summed E-state index contributed by atoms with van der Waals surface area (Å²) in [5.41, 5.74) is 3.00. The number of benzene rings is 3. The summed E-state index contributed by atoms with van der Waals surface area (Å²) in [6, 6.07) is 23.5. The molecule has 1 atom stereocenters. The monoisotopic (exact) mass is 412 g/mol. The Kier molecular flexibility index (Phi) is 5.03. The van der Waals surface area contributed by atoms with Gasteiger partial charge in [-0.05, 0) is 69.3 Å². The predicted octanol–water partition coefficient (Wildman–Crippen LogP) is 5.87. The van der Waals surface area contributed by atoms with Gasteiger partial charge in [0.05, 0.1) is 11.2 Å². The zero-order valence-electron chi connectivity index (χ0n) is 18.8. The lowest BCUT2D eigenvalue weighted by atomic mass is 9.54. The van der Waals surface area contributed by atoms with E-state index in [0.29, 0.717) is 0 Å². The van der Waals surface area contributed by atoms with Gasteiger partial charge in [0, 0.05) is 16.8 Å². The number of hydrogen-bond donors (Lipinski definition) is 2. The molecule has 0 spiro atoms. The molecule has 0 aliphatic carbocycles. The van der Waals surface area contributed by atoms with Gasteiger partial charge in [0.1, 0.15) is 0 Å². The molecule has 0 radical (unpaired) electrons. The van der Waals surface area contributed by atoms with E-state index in [9.17, 15) is 0 Å². The third-order valence-electron chi connectivity index (χ3n) is 7.10. The quantitative estimate of drug-likeness (QED) is 0.515. The average molecular weight is 412 g/mol. The van der Waals surface area contributed by atoms with Crippen LogP contribution < -0.4 is 10.5 Å². The molecule has 1 saturated heterocycles. The molecule has 4 nitrogen and oxygen atoms in total. The minimum atomic E-state index is -0.335. The highest BCUT2D eigenvalue weighted by Crippen LogP contribution is 2.43. The highest BCUT2D eigenvalue weighted by molar-refractivity contribution is 6.69. The molecule has 6 heteroatoms. The Hall–Kier alpha value is -2.43. The first-order chi connectivity index (χ1) is 14.8. The summed E-state index contributed by atoms with van der Waals surface area (Å²) in [6.07, 6.45) is 1.79. The molecule has 158 valence electrons. The maximum Gasteiger partial charge on any atom is 0.460 e. The van der Waals surface area contributed by atoms with Gasteiger partial charge in [-0.1, -0.05) is 54.6 Å². The van der Waals surface area contributed by atoms with Gasteiger partial charge >= 0.3 is 14.1 Å². The molecule has 0 amide bonds. The molecule has 0 aromatic heterocycles. The minimum absolute atomic E-state index is 0.105. The van der Waals surface area contributed by atoms with Gasteiger partial charge < -0.3 is 19.8 Å². The Morgan fingerprint density at radius 2 is 1.35 bits per heavy atom. The van der Waals surface area contributed by atoms with Crippen LogP contribution in [0.25, 0.3) is 10.8 Å². The second kappa shape index (κ2) is 7.61. The van der Waals surface area contributed by atoms with E-state index in [1.165, 1.54) is 27.7 Å². The highest BCUT2D eigenvalue weighted by atomic mass is 16.7. The zero-order valence-corrected chi connectivity index (χ0v) is 18.8. The van der Waals surface area contributed by atoms with Gasteiger partial charge in [-0.2, -0.15) is 0 Å². The molecule has 2 aliphatic heterocycles. The lowest BCUT2D eigenvalue weighted by Gasteiger charge is -2.32. The van der Waals surface area contributed by atoms with Crippen molar-refractivity contribution in [2.24, 2.45) is 0 Å². The molecule has 2 heterocycles. The normalized spacial score (nSPS) is 19.7. The Morgan fingerprint density at radius 3 is 1.94 bits per heavy atom. The van der Waals surface area contributed by atoms with Crippen molar-refractivity contribution in [2.75, 3.05) is 10.5 Å². The van der Waals surface area contributed by atoms with Crippen LogP contribution in [0, 0.1) is 0 Å². The van der Waals surface area contributed by atoms with Gasteiger partial charge in [-0.25, -0.2) is 0 Å². The Balaban J connectivity index is 1.41. The fourth-order valence-electron chi connectivity index (χ4n) is 4.70. The Morgan fingerprint density at radius 1 is 0.774 bits per heavy atom. The Bertz CT molecular complexity index is 1030. The molecule has 1 fully saturated rings. The second-order valence-electron chi connectivity index (χ2n) is 9.86. The van der Waals surface area contributed by atoms with Gasteiger partial charge in [0.15, 0.2) is 0 Å². The van der Waals surface area contributed by atoms with Crippen LogP contribution in [-0.4, -0.2) is 25.3 Å². The number of anilines is 2. The maximum absolute atomic E-state index is 6.49. The predicted molar refractivity (Wildman–Crippen MR) is 132 cm³/mol. The molecular weight excluding hydrogens is 382 g/mol. The summed E-state index contributed by atoms with van der Waals surface area (Å²) >= 11 is 0. The summed E-state index contributed by atoms with van der Waals surface area (Å²) < 4.78 is 13.0.